The molecule has 0 rings (SSSR count). The van der Waals surface area contributed by atoms with Crippen molar-refractivity contribution in [3.8, 4) is 0 Å². The van der Waals surface area contributed by atoms with Gasteiger partial charge in [-0.3, -0.25) is 0 Å². The second-order valence-electron chi connectivity index (χ2n) is 2.91. The van der Waals surface area contributed by atoms with Gasteiger partial charge in [0.25, 0.3) is 0 Å². The number of nitrogens with one attached hydrogen (secondary N) is 1. The maximum Gasteiger partial charge on any atom is 0.0446 e. The first-order chi connectivity index (χ1) is 4.06. The van der Waals surface area contributed by atoms with Crippen molar-refractivity contribution in [1.29, 1.82) is 0 Å². The van der Waals surface area contributed by atoms with Crippen molar-refractivity contribution in [2.45, 2.75) is 39.2 Å². The van der Waals surface area contributed by atoms with E-state index < -0.39 is 0 Å². The number of hydrogen-bond acceptors (Lipinski definition) is 0. The van der Waals surface area contributed by atoms with Crippen LogP contribution in [0.15, 0.2) is 12.2 Å². The lowest BCUT2D eigenvalue weighted by Crippen LogP contribution is -2.16. The third-order valence-electron chi connectivity index (χ3n) is 0.990. The fraction of sp³-hybridized carbons (Fsp3) is 0.750. The molecule has 0 unspecified atom stereocenters. The number of allylic oxidation sites excluding steroid dienone is 1. The van der Waals surface area contributed by atoms with Gasteiger partial charge in [0.2, 0.25) is 0 Å². The van der Waals surface area contributed by atoms with Crippen LogP contribution in [0.5, 0.6) is 0 Å². The van der Waals surface area contributed by atoms with Crippen LogP contribution in [0, 0.1) is 0 Å². The zero-order valence-electron chi connectivity index (χ0n) is 6.57. The Morgan fingerprint density at radius 2 is 2.00 bits per heavy atom. The van der Waals surface area contributed by atoms with Gasteiger partial charge < -0.3 is 0 Å². The second kappa shape index (κ2) is 3.67. The maximum absolute atomic E-state index is 7.42. The van der Waals surface area contributed by atoms with Crippen molar-refractivity contribution in [1.82, 2.24) is 5.73 Å². The topological polar surface area (TPSA) is 23.8 Å². The van der Waals surface area contributed by atoms with E-state index in [0.717, 1.165) is 6.42 Å². The molecule has 0 aromatic carbocycles. The Labute approximate surface area is 57.9 Å². The van der Waals surface area contributed by atoms with Crippen LogP contribution < -0.4 is 5.73 Å². The first-order valence-electron chi connectivity index (χ1n) is 3.49. The quantitative estimate of drug-likeness (QED) is 0.518. The highest BCUT2D eigenvalue weighted by molar-refractivity contribution is 4.97. The Hall–Kier alpha value is -0.300. The molecule has 0 atom stereocenters. The summed E-state index contributed by atoms with van der Waals surface area (Å²) in [6.45, 7) is 5.92. The van der Waals surface area contributed by atoms with Gasteiger partial charge in [0.05, 0.1) is 0 Å². The predicted octanol–water partition coefficient (Wildman–Crippen LogP) is 2.40. The summed E-state index contributed by atoms with van der Waals surface area (Å²) >= 11 is 0. The van der Waals surface area contributed by atoms with Crippen LogP contribution in [0.2, 0.25) is 0 Å². The van der Waals surface area contributed by atoms with Crippen LogP contribution in [-0.2, 0) is 0 Å². The van der Waals surface area contributed by atoms with Crippen LogP contribution >= 0.6 is 0 Å². The minimum atomic E-state index is -0.380. The molecule has 0 aliphatic heterocycles. The van der Waals surface area contributed by atoms with Crippen LogP contribution in [0.4, 0.5) is 0 Å². The molecular weight excluding hydrogens is 110 g/mol. The molecule has 0 fully saturated rings. The van der Waals surface area contributed by atoms with Gasteiger partial charge >= 0.3 is 0 Å². The van der Waals surface area contributed by atoms with Gasteiger partial charge in [0, 0.05) is 5.54 Å². The maximum atomic E-state index is 7.42. The third kappa shape index (κ3) is 7.70. The molecule has 1 heteroatoms. The molecule has 0 aliphatic rings. The Morgan fingerprint density at radius 3 is 2.33 bits per heavy atom. The Balaban J connectivity index is 3.45. The van der Waals surface area contributed by atoms with Gasteiger partial charge in [0.15, 0.2) is 0 Å². The molecule has 0 heterocycles. The summed E-state index contributed by atoms with van der Waals surface area (Å²) in [6, 6.07) is 0. The van der Waals surface area contributed by atoms with Crippen LogP contribution in [0.1, 0.15) is 33.6 Å². The van der Waals surface area contributed by atoms with Crippen molar-refractivity contribution < 1.29 is 0 Å². The lowest BCUT2D eigenvalue weighted by molar-refractivity contribution is 0.626. The molecule has 1 N–H and O–H groups in total. The average molecular weight is 126 g/mol. The molecule has 0 saturated heterocycles. The molecule has 0 bridgehead atoms. The summed E-state index contributed by atoms with van der Waals surface area (Å²) in [5.41, 5.74) is 7.04. The van der Waals surface area contributed by atoms with Crippen LogP contribution in [-0.4, -0.2) is 5.54 Å². The normalized spacial score (nSPS) is 12.9. The fourth-order valence-corrected chi connectivity index (χ4v) is 0.545. The van der Waals surface area contributed by atoms with Crippen LogP contribution in [0.25, 0.3) is 0 Å². The molecular formula is C8H16N. The standard InChI is InChI=1S/C8H16N/c1-4-5-6-7-8(2,3)9/h6-7,9H,4-5H2,1-3H3/b7-6+. The highest BCUT2D eigenvalue weighted by Crippen LogP contribution is 2.02. The third-order valence-corrected chi connectivity index (χ3v) is 0.990. The van der Waals surface area contributed by atoms with Crippen molar-refractivity contribution >= 4 is 0 Å². The van der Waals surface area contributed by atoms with E-state index in [-0.39, 0.29) is 5.54 Å². The molecule has 0 aromatic rings. The monoisotopic (exact) mass is 126 g/mol. The van der Waals surface area contributed by atoms with Gasteiger partial charge in [-0.15, -0.1) is 0 Å². The van der Waals surface area contributed by atoms with Crippen molar-refractivity contribution in [2.75, 3.05) is 0 Å². The predicted molar refractivity (Wildman–Crippen MR) is 41.2 cm³/mol. The molecule has 53 valence electrons. The highest BCUT2D eigenvalue weighted by Gasteiger charge is 2.03. The Morgan fingerprint density at radius 1 is 1.44 bits per heavy atom. The molecule has 9 heavy (non-hydrogen) atoms. The molecule has 0 saturated carbocycles. The Kier molecular flexibility index (Phi) is 3.55. The summed E-state index contributed by atoms with van der Waals surface area (Å²) in [6.07, 6.45) is 6.29. The zero-order valence-corrected chi connectivity index (χ0v) is 6.57. The van der Waals surface area contributed by atoms with E-state index >= 15 is 0 Å². The lowest BCUT2D eigenvalue weighted by atomic mass is 10.1. The molecule has 1 radical (unpaired) electrons. The zero-order chi connectivity index (χ0) is 7.33. The van der Waals surface area contributed by atoms with Gasteiger partial charge in [-0.1, -0.05) is 25.5 Å². The minimum absolute atomic E-state index is 0.380. The first-order valence-corrected chi connectivity index (χ1v) is 3.49. The summed E-state index contributed by atoms with van der Waals surface area (Å²) in [4.78, 5) is 0. The summed E-state index contributed by atoms with van der Waals surface area (Å²) in [5, 5.41) is 0. The van der Waals surface area contributed by atoms with Crippen LogP contribution in [0.3, 0.4) is 0 Å². The van der Waals surface area contributed by atoms with Crippen molar-refractivity contribution in [3.05, 3.63) is 12.2 Å². The molecule has 0 spiro atoms. The minimum Gasteiger partial charge on any atom is -0.248 e. The van der Waals surface area contributed by atoms with Gasteiger partial charge in [-0.05, 0) is 20.3 Å². The summed E-state index contributed by atoms with van der Waals surface area (Å²) in [7, 11) is 0. The number of hydrogen-bond donors (Lipinski definition) is 0. The van der Waals surface area contributed by atoms with Gasteiger partial charge in [-0.2, -0.15) is 0 Å². The molecule has 0 amide bonds. The van der Waals surface area contributed by atoms with Crippen molar-refractivity contribution in [3.63, 3.8) is 0 Å². The van der Waals surface area contributed by atoms with E-state index in [1.165, 1.54) is 6.42 Å². The van der Waals surface area contributed by atoms with Gasteiger partial charge in [-0.25, -0.2) is 5.73 Å². The van der Waals surface area contributed by atoms with Gasteiger partial charge in [0.1, 0.15) is 0 Å². The molecule has 1 nitrogen and oxygen atoms in total. The fourth-order valence-electron chi connectivity index (χ4n) is 0.545. The largest absolute Gasteiger partial charge is 0.248 e. The number of rotatable bonds is 3. The first kappa shape index (κ1) is 8.70. The summed E-state index contributed by atoms with van der Waals surface area (Å²) in [5.74, 6) is 0. The molecule has 0 aliphatic carbocycles. The second-order valence-corrected chi connectivity index (χ2v) is 2.91. The van der Waals surface area contributed by atoms with E-state index in [4.69, 9.17) is 5.73 Å². The van der Waals surface area contributed by atoms with E-state index in [1.807, 2.05) is 19.9 Å². The summed E-state index contributed by atoms with van der Waals surface area (Å²) < 4.78 is 0. The van der Waals surface area contributed by atoms with Crippen molar-refractivity contribution in [2.24, 2.45) is 0 Å². The smallest absolute Gasteiger partial charge is 0.0446 e. The Bertz CT molecular complexity index is 87.2. The van der Waals surface area contributed by atoms with E-state index in [1.54, 1.807) is 0 Å². The van der Waals surface area contributed by atoms with E-state index in [9.17, 15) is 0 Å². The molecule has 0 aromatic heterocycles. The number of unbranched alkanes of at least 4 members (excludes halogenated alkanes) is 1. The lowest BCUT2D eigenvalue weighted by Gasteiger charge is -2.09. The van der Waals surface area contributed by atoms with E-state index in [2.05, 4.69) is 13.0 Å². The highest BCUT2D eigenvalue weighted by atomic mass is 14.7. The van der Waals surface area contributed by atoms with E-state index in [0.29, 0.717) is 0 Å². The average Bonchev–Trinajstić information content (AvgIpc) is 1.63. The SMILES string of the molecule is CCC/C=C/C(C)(C)[NH].